The van der Waals surface area contributed by atoms with E-state index >= 15 is 0 Å². The Hall–Kier alpha value is -2.60. The molecule has 48 heavy (non-hydrogen) atoms. The van der Waals surface area contributed by atoms with Crippen molar-refractivity contribution in [3.63, 3.8) is 0 Å². The summed E-state index contributed by atoms with van der Waals surface area (Å²) >= 11 is 0. The van der Waals surface area contributed by atoms with Gasteiger partial charge in [0.05, 0.1) is 6.61 Å². The number of ether oxygens (including phenoxy) is 1. The fraction of sp³-hybridized carbons (Fsp3) is 0.784. The lowest BCUT2D eigenvalue weighted by atomic mass is 9.90. The van der Waals surface area contributed by atoms with E-state index in [1.807, 2.05) is 41.5 Å². The lowest BCUT2D eigenvalue weighted by Gasteiger charge is -2.22. The van der Waals surface area contributed by atoms with Crippen molar-refractivity contribution in [2.75, 3.05) is 59.0 Å². The van der Waals surface area contributed by atoms with Crippen molar-refractivity contribution in [1.29, 1.82) is 0 Å². The Morgan fingerprint density at radius 3 is 1.46 bits per heavy atom. The van der Waals surface area contributed by atoms with E-state index in [2.05, 4.69) is 60.7 Å². The van der Waals surface area contributed by atoms with Gasteiger partial charge in [0.1, 0.15) is 5.75 Å². The second-order valence-electron chi connectivity index (χ2n) is 15.3. The molecule has 1 aromatic rings. The number of urea groups is 2. The molecular weight excluding hydrogens is 604 g/mol. The highest BCUT2D eigenvalue weighted by molar-refractivity contribution is 5.74. The average molecular weight is 675 g/mol. The van der Waals surface area contributed by atoms with Gasteiger partial charge in [0.15, 0.2) is 0 Å². The van der Waals surface area contributed by atoms with Crippen molar-refractivity contribution < 1.29 is 14.3 Å². The van der Waals surface area contributed by atoms with Crippen LogP contribution in [0.1, 0.15) is 110 Å². The molecule has 0 heterocycles. The third-order valence-corrected chi connectivity index (χ3v) is 7.92. The van der Waals surface area contributed by atoms with Crippen LogP contribution >= 0.6 is 0 Å². The zero-order chi connectivity index (χ0) is 35.1. The van der Waals surface area contributed by atoms with Crippen LogP contribution in [0.2, 0.25) is 0 Å². The molecule has 276 valence electrons. The van der Waals surface area contributed by atoms with Gasteiger partial charge in [-0.3, -0.25) is 0 Å². The Kier molecular flexibility index (Phi) is 20.5. The summed E-state index contributed by atoms with van der Waals surface area (Å²) in [6.07, 6.45) is 10.5. The molecule has 1 aliphatic rings. The third kappa shape index (κ3) is 22.9. The molecular formula is C37H70N8O3. The van der Waals surface area contributed by atoms with Crippen LogP contribution in [0, 0.1) is 5.92 Å². The summed E-state index contributed by atoms with van der Waals surface area (Å²) in [5.41, 5.74) is 2.08. The number of amides is 4. The zero-order valence-electron chi connectivity index (χ0n) is 31.2. The maximum Gasteiger partial charge on any atom is 0.315 e. The minimum atomic E-state index is -0.219. The number of hydrogen-bond donors (Lipinski definition) is 8. The van der Waals surface area contributed by atoms with Crippen molar-refractivity contribution in [1.82, 2.24) is 42.5 Å². The van der Waals surface area contributed by atoms with E-state index in [0.29, 0.717) is 19.0 Å². The van der Waals surface area contributed by atoms with Gasteiger partial charge >= 0.3 is 12.1 Å². The second-order valence-corrected chi connectivity index (χ2v) is 15.3. The summed E-state index contributed by atoms with van der Waals surface area (Å²) in [4.78, 5) is 23.7. The lowest BCUT2D eigenvalue weighted by Crippen LogP contribution is -2.46. The molecule has 0 aliphatic heterocycles. The summed E-state index contributed by atoms with van der Waals surface area (Å²) < 4.78 is 6.35. The summed E-state index contributed by atoms with van der Waals surface area (Å²) in [5, 5.41) is 25.8. The van der Waals surface area contributed by atoms with Gasteiger partial charge in [-0.25, -0.2) is 9.59 Å². The van der Waals surface area contributed by atoms with E-state index in [0.717, 1.165) is 90.4 Å². The van der Waals surface area contributed by atoms with Gasteiger partial charge in [-0.1, -0.05) is 25.3 Å². The molecule has 0 spiro atoms. The first kappa shape index (κ1) is 41.6. The molecule has 0 aromatic heterocycles. The quantitative estimate of drug-likeness (QED) is 0.0784. The highest BCUT2D eigenvalue weighted by Crippen LogP contribution is 2.25. The number of hydrogen-bond acceptors (Lipinski definition) is 7. The molecule has 0 unspecified atom stereocenters. The monoisotopic (exact) mass is 675 g/mol. The van der Waals surface area contributed by atoms with Crippen LogP contribution in [0.4, 0.5) is 9.59 Å². The molecule has 0 radical (unpaired) electrons. The molecule has 0 saturated heterocycles. The van der Waals surface area contributed by atoms with Crippen LogP contribution in [0.25, 0.3) is 0 Å². The Morgan fingerprint density at radius 1 is 0.604 bits per heavy atom. The number of nitrogens with one attached hydrogen (secondary N) is 8. The highest BCUT2D eigenvalue weighted by Gasteiger charge is 2.15. The van der Waals surface area contributed by atoms with E-state index < -0.39 is 0 Å². The first-order valence-electron chi connectivity index (χ1n) is 18.6. The lowest BCUT2D eigenvalue weighted by molar-refractivity contribution is 0.208. The molecule has 1 saturated carbocycles. The third-order valence-electron chi connectivity index (χ3n) is 7.92. The first-order valence-corrected chi connectivity index (χ1v) is 18.6. The van der Waals surface area contributed by atoms with E-state index in [1.165, 1.54) is 43.2 Å². The molecule has 4 amide bonds. The fourth-order valence-corrected chi connectivity index (χ4v) is 5.58. The second kappa shape index (κ2) is 23.7. The van der Waals surface area contributed by atoms with Crippen molar-refractivity contribution in [3.05, 3.63) is 29.3 Å². The van der Waals surface area contributed by atoms with Crippen molar-refractivity contribution in [2.24, 2.45) is 5.92 Å². The van der Waals surface area contributed by atoms with Gasteiger partial charge in [-0.15, -0.1) is 0 Å². The molecule has 8 N–H and O–H groups in total. The fourth-order valence-electron chi connectivity index (χ4n) is 5.58. The van der Waals surface area contributed by atoms with E-state index in [1.54, 1.807) is 0 Å². The normalized spacial score (nSPS) is 14.0. The van der Waals surface area contributed by atoms with Gasteiger partial charge in [-0.05, 0) is 149 Å². The SMILES string of the molecule is CC(C)(C)NC(=O)NCCCNCCCNCc1cc(CNCCCNCCCNC(=O)NC(C)(C)C)cc(OCC2CCCCC2)c1. The highest BCUT2D eigenvalue weighted by atomic mass is 16.5. The minimum absolute atomic E-state index is 0.109. The summed E-state index contributed by atoms with van der Waals surface area (Å²) in [6.45, 7) is 21.2. The zero-order valence-corrected chi connectivity index (χ0v) is 31.2. The van der Waals surface area contributed by atoms with Crippen LogP contribution in [0.3, 0.4) is 0 Å². The smallest absolute Gasteiger partial charge is 0.315 e. The molecule has 11 heteroatoms. The number of rotatable bonds is 23. The van der Waals surface area contributed by atoms with Crippen molar-refractivity contribution >= 4 is 12.1 Å². The van der Waals surface area contributed by atoms with Gasteiger partial charge in [0.2, 0.25) is 0 Å². The number of carbonyl (C=O) groups excluding carboxylic acids is 2. The first-order chi connectivity index (χ1) is 22.9. The van der Waals surface area contributed by atoms with E-state index in [-0.39, 0.29) is 23.1 Å². The van der Waals surface area contributed by atoms with Crippen LogP contribution in [-0.2, 0) is 13.1 Å². The molecule has 2 rings (SSSR count). The molecule has 1 fully saturated rings. The van der Waals surface area contributed by atoms with Gasteiger partial charge < -0.3 is 47.3 Å². The molecule has 1 aliphatic carbocycles. The summed E-state index contributed by atoms with van der Waals surface area (Å²) in [7, 11) is 0. The standard InChI is InChI=1S/C37H70N8O3/c1-36(2,3)44-34(46)42-22-12-18-38-16-10-20-40-27-31-24-32(26-33(25-31)48-29-30-14-8-7-9-15-30)28-41-21-11-17-39-19-13-23-43-35(47)45-37(4,5)6/h24-26,30,38-41H,7-23,27-29H2,1-6H3,(H2,42,44,46)(H2,43,45,47). The van der Waals surface area contributed by atoms with Crippen LogP contribution < -0.4 is 47.3 Å². The van der Waals surface area contributed by atoms with Gasteiger partial charge in [0, 0.05) is 37.3 Å². The summed E-state index contributed by atoms with van der Waals surface area (Å²) in [5.74, 6) is 1.66. The minimum Gasteiger partial charge on any atom is -0.493 e. The van der Waals surface area contributed by atoms with E-state index in [9.17, 15) is 9.59 Å². The Labute approximate surface area is 292 Å². The summed E-state index contributed by atoms with van der Waals surface area (Å²) in [6, 6.07) is 6.47. The maximum atomic E-state index is 11.8. The van der Waals surface area contributed by atoms with Gasteiger partial charge in [-0.2, -0.15) is 0 Å². The van der Waals surface area contributed by atoms with Crippen LogP contribution in [-0.4, -0.2) is 82.1 Å². The molecule has 0 bridgehead atoms. The Morgan fingerprint density at radius 2 is 1.02 bits per heavy atom. The Bertz CT molecular complexity index is 953. The van der Waals surface area contributed by atoms with Crippen molar-refractivity contribution in [3.8, 4) is 5.75 Å². The number of benzene rings is 1. The predicted molar refractivity (Wildman–Crippen MR) is 199 cm³/mol. The van der Waals surface area contributed by atoms with E-state index in [4.69, 9.17) is 4.74 Å². The topological polar surface area (TPSA) is 140 Å². The van der Waals surface area contributed by atoms with Crippen molar-refractivity contribution in [2.45, 2.75) is 123 Å². The molecule has 1 aromatic carbocycles. The molecule has 0 atom stereocenters. The number of carbonyl (C=O) groups is 2. The maximum absolute atomic E-state index is 11.8. The predicted octanol–water partition coefficient (Wildman–Crippen LogP) is 4.76. The molecule has 11 nitrogen and oxygen atoms in total. The largest absolute Gasteiger partial charge is 0.493 e. The average Bonchev–Trinajstić information content (AvgIpc) is 3.00. The van der Waals surface area contributed by atoms with Crippen LogP contribution in [0.5, 0.6) is 5.75 Å². The van der Waals surface area contributed by atoms with Gasteiger partial charge in [0.25, 0.3) is 0 Å². The van der Waals surface area contributed by atoms with Crippen LogP contribution in [0.15, 0.2) is 18.2 Å². The Balaban J connectivity index is 1.64.